The van der Waals surface area contributed by atoms with Crippen LogP contribution < -0.4 is 10.2 Å². The molecule has 0 heterocycles. The molecule has 1 amide bonds. The first-order valence-corrected chi connectivity index (χ1v) is 7.24. The SMILES string of the molecule is N#CCOc1ccccc1/C=N/NC(=O)CCc1ccccc1. The lowest BCUT2D eigenvalue weighted by molar-refractivity contribution is -0.121. The van der Waals surface area contributed by atoms with Crippen molar-refractivity contribution >= 4 is 12.1 Å². The van der Waals surface area contributed by atoms with Crippen LogP contribution in [-0.2, 0) is 11.2 Å². The molecule has 116 valence electrons. The lowest BCUT2D eigenvalue weighted by Gasteiger charge is -2.05. The molecule has 0 aromatic heterocycles. The van der Waals surface area contributed by atoms with Crippen LogP contribution in [0.25, 0.3) is 0 Å². The molecule has 1 N–H and O–H groups in total. The second kappa shape index (κ2) is 9.00. The van der Waals surface area contributed by atoms with E-state index in [0.29, 0.717) is 24.2 Å². The second-order valence-corrected chi connectivity index (χ2v) is 4.76. The molecule has 2 rings (SSSR count). The third-order valence-corrected chi connectivity index (χ3v) is 3.09. The van der Waals surface area contributed by atoms with Crippen molar-refractivity contribution in [3.05, 3.63) is 65.7 Å². The molecule has 5 nitrogen and oxygen atoms in total. The molecule has 0 saturated heterocycles. The summed E-state index contributed by atoms with van der Waals surface area (Å²) in [4.78, 5) is 11.8. The molecule has 23 heavy (non-hydrogen) atoms. The third kappa shape index (κ3) is 5.64. The van der Waals surface area contributed by atoms with Gasteiger partial charge in [0.2, 0.25) is 5.91 Å². The van der Waals surface area contributed by atoms with E-state index in [0.717, 1.165) is 5.56 Å². The van der Waals surface area contributed by atoms with Gasteiger partial charge in [0, 0.05) is 12.0 Å². The number of rotatable bonds is 7. The third-order valence-electron chi connectivity index (χ3n) is 3.09. The first-order valence-electron chi connectivity index (χ1n) is 7.24. The number of amides is 1. The molecule has 5 heteroatoms. The average Bonchev–Trinajstić information content (AvgIpc) is 2.60. The molecule has 2 aromatic rings. The highest BCUT2D eigenvalue weighted by atomic mass is 16.5. The van der Waals surface area contributed by atoms with Gasteiger partial charge < -0.3 is 4.74 Å². The number of carbonyl (C=O) groups is 1. The molecule has 0 atom stereocenters. The Kier molecular flexibility index (Phi) is 6.36. The molecule has 0 unspecified atom stereocenters. The van der Waals surface area contributed by atoms with Crippen molar-refractivity contribution < 1.29 is 9.53 Å². The summed E-state index contributed by atoms with van der Waals surface area (Å²) >= 11 is 0. The Labute approximate surface area is 135 Å². The van der Waals surface area contributed by atoms with E-state index in [1.165, 1.54) is 6.21 Å². The fourth-order valence-electron chi connectivity index (χ4n) is 1.96. The van der Waals surface area contributed by atoms with Crippen molar-refractivity contribution in [2.75, 3.05) is 6.61 Å². The summed E-state index contributed by atoms with van der Waals surface area (Å²) in [6, 6.07) is 18.9. The van der Waals surface area contributed by atoms with Gasteiger partial charge >= 0.3 is 0 Å². The minimum Gasteiger partial charge on any atom is -0.478 e. The van der Waals surface area contributed by atoms with E-state index in [1.54, 1.807) is 12.1 Å². The molecule has 0 aliphatic rings. The molecule has 0 aliphatic carbocycles. The van der Waals surface area contributed by atoms with Crippen molar-refractivity contribution in [3.8, 4) is 11.8 Å². The standard InChI is InChI=1S/C18H17N3O2/c19-12-13-23-17-9-5-4-8-16(17)14-20-21-18(22)11-10-15-6-2-1-3-7-15/h1-9,14H,10-11,13H2,(H,21,22)/b20-14+. The van der Waals surface area contributed by atoms with Gasteiger partial charge in [0.1, 0.15) is 11.8 Å². The van der Waals surface area contributed by atoms with Crippen molar-refractivity contribution in [3.63, 3.8) is 0 Å². The van der Waals surface area contributed by atoms with E-state index in [4.69, 9.17) is 10.00 Å². The Balaban J connectivity index is 1.84. The first kappa shape index (κ1) is 16.2. The number of nitrogens with one attached hydrogen (secondary N) is 1. The molecule has 0 saturated carbocycles. The van der Waals surface area contributed by atoms with Gasteiger partial charge in [0.25, 0.3) is 0 Å². The van der Waals surface area contributed by atoms with Gasteiger partial charge in [-0.2, -0.15) is 10.4 Å². The monoisotopic (exact) mass is 307 g/mol. The fourth-order valence-corrected chi connectivity index (χ4v) is 1.96. The van der Waals surface area contributed by atoms with Crippen LogP contribution in [0.5, 0.6) is 5.75 Å². The molecule has 0 radical (unpaired) electrons. The van der Waals surface area contributed by atoms with E-state index in [9.17, 15) is 4.79 Å². The van der Waals surface area contributed by atoms with Crippen molar-refractivity contribution in [2.24, 2.45) is 5.10 Å². The summed E-state index contributed by atoms with van der Waals surface area (Å²) in [5, 5.41) is 12.5. The van der Waals surface area contributed by atoms with Crippen LogP contribution in [0.3, 0.4) is 0 Å². The normalized spacial score (nSPS) is 10.2. The van der Waals surface area contributed by atoms with Crippen molar-refractivity contribution in [1.82, 2.24) is 5.43 Å². The van der Waals surface area contributed by atoms with Gasteiger partial charge in [-0.1, -0.05) is 42.5 Å². The van der Waals surface area contributed by atoms with E-state index < -0.39 is 0 Å². The number of ether oxygens (including phenoxy) is 1. The van der Waals surface area contributed by atoms with E-state index in [-0.39, 0.29) is 12.5 Å². The Morgan fingerprint density at radius 3 is 2.70 bits per heavy atom. The molecule has 2 aromatic carbocycles. The zero-order valence-corrected chi connectivity index (χ0v) is 12.6. The molecule has 0 aliphatic heterocycles. The molecular weight excluding hydrogens is 290 g/mol. The zero-order valence-electron chi connectivity index (χ0n) is 12.6. The number of benzene rings is 2. The van der Waals surface area contributed by atoms with E-state index in [2.05, 4.69) is 10.5 Å². The Morgan fingerprint density at radius 1 is 1.17 bits per heavy atom. The summed E-state index contributed by atoms with van der Waals surface area (Å²) in [6.45, 7) is -0.0334. The lowest BCUT2D eigenvalue weighted by atomic mass is 10.1. The van der Waals surface area contributed by atoms with Crippen LogP contribution in [0.1, 0.15) is 17.5 Å². The van der Waals surface area contributed by atoms with Crippen molar-refractivity contribution in [1.29, 1.82) is 5.26 Å². The number of nitriles is 1. The first-order chi connectivity index (χ1) is 11.3. The zero-order chi connectivity index (χ0) is 16.3. The number of aryl methyl sites for hydroxylation is 1. The van der Waals surface area contributed by atoms with Gasteiger partial charge in [-0.25, -0.2) is 5.43 Å². The van der Waals surface area contributed by atoms with Crippen LogP contribution in [-0.4, -0.2) is 18.7 Å². The topological polar surface area (TPSA) is 74.5 Å². The number of hydrogen-bond acceptors (Lipinski definition) is 4. The minimum atomic E-state index is -0.152. The highest BCUT2D eigenvalue weighted by Gasteiger charge is 2.02. The highest BCUT2D eigenvalue weighted by Crippen LogP contribution is 2.15. The molecular formula is C18H17N3O2. The van der Waals surface area contributed by atoms with Gasteiger partial charge in [-0.05, 0) is 24.1 Å². The molecule has 0 spiro atoms. The van der Waals surface area contributed by atoms with Crippen LogP contribution >= 0.6 is 0 Å². The predicted octanol–water partition coefficient (Wildman–Crippen LogP) is 2.67. The number of nitrogens with zero attached hydrogens (tertiary/aromatic N) is 2. The van der Waals surface area contributed by atoms with Crippen LogP contribution in [0.15, 0.2) is 59.7 Å². The maximum absolute atomic E-state index is 11.8. The number of hydrogen-bond donors (Lipinski definition) is 1. The van der Waals surface area contributed by atoms with Crippen LogP contribution in [0.2, 0.25) is 0 Å². The van der Waals surface area contributed by atoms with Gasteiger partial charge in [-0.3, -0.25) is 4.79 Å². The smallest absolute Gasteiger partial charge is 0.240 e. The summed E-state index contributed by atoms with van der Waals surface area (Å²) < 4.78 is 5.28. The molecule has 0 bridgehead atoms. The summed E-state index contributed by atoms with van der Waals surface area (Å²) in [5.41, 5.74) is 4.31. The van der Waals surface area contributed by atoms with Crippen LogP contribution in [0, 0.1) is 11.3 Å². The number of carbonyl (C=O) groups excluding carboxylic acids is 1. The Morgan fingerprint density at radius 2 is 1.91 bits per heavy atom. The van der Waals surface area contributed by atoms with E-state index in [1.807, 2.05) is 48.5 Å². The van der Waals surface area contributed by atoms with Gasteiger partial charge in [0.05, 0.1) is 6.21 Å². The number of hydrazone groups is 1. The summed E-state index contributed by atoms with van der Waals surface area (Å²) in [6.07, 6.45) is 2.55. The predicted molar refractivity (Wildman–Crippen MR) is 88.0 cm³/mol. The van der Waals surface area contributed by atoms with E-state index >= 15 is 0 Å². The van der Waals surface area contributed by atoms with Gasteiger partial charge in [0.15, 0.2) is 6.61 Å². The fraction of sp³-hybridized carbons (Fsp3) is 0.167. The van der Waals surface area contributed by atoms with Crippen LogP contribution in [0.4, 0.5) is 0 Å². The maximum Gasteiger partial charge on any atom is 0.240 e. The minimum absolute atomic E-state index is 0.0334. The second-order valence-electron chi connectivity index (χ2n) is 4.76. The average molecular weight is 307 g/mol. The summed E-state index contributed by atoms with van der Waals surface area (Å²) in [5.74, 6) is 0.400. The molecule has 0 fully saturated rings. The Hall–Kier alpha value is -3.13. The lowest BCUT2D eigenvalue weighted by Crippen LogP contribution is -2.18. The summed E-state index contributed by atoms with van der Waals surface area (Å²) in [7, 11) is 0. The highest BCUT2D eigenvalue weighted by molar-refractivity contribution is 5.85. The Bertz CT molecular complexity index is 706. The number of para-hydroxylation sites is 1. The largest absolute Gasteiger partial charge is 0.478 e. The van der Waals surface area contributed by atoms with Gasteiger partial charge in [-0.15, -0.1) is 0 Å². The van der Waals surface area contributed by atoms with Crippen molar-refractivity contribution in [2.45, 2.75) is 12.8 Å². The quantitative estimate of drug-likeness (QED) is 0.631. The maximum atomic E-state index is 11.8.